The van der Waals surface area contributed by atoms with E-state index in [-0.39, 0.29) is 27.7 Å². The summed E-state index contributed by atoms with van der Waals surface area (Å²) in [5.41, 5.74) is 0.532. The fourth-order valence-corrected chi connectivity index (χ4v) is 2.79. The fourth-order valence-electron chi connectivity index (χ4n) is 2.30. The number of hydrogen-bond donors (Lipinski definition) is 2. The van der Waals surface area contributed by atoms with E-state index in [0.717, 1.165) is 0 Å². The van der Waals surface area contributed by atoms with Gasteiger partial charge in [0.1, 0.15) is 5.02 Å². The summed E-state index contributed by atoms with van der Waals surface area (Å²) in [5.74, 6) is -0.875. The Bertz CT molecular complexity index is 1080. The molecule has 142 valence electrons. The summed E-state index contributed by atoms with van der Waals surface area (Å²) in [7, 11) is 0. The van der Waals surface area contributed by atoms with Crippen molar-refractivity contribution in [3.8, 4) is 0 Å². The summed E-state index contributed by atoms with van der Waals surface area (Å²) in [6, 6.07) is 13.2. The third-order valence-electron chi connectivity index (χ3n) is 3.58. The maximum Gasteiger partial charge on any atom is 0.291 e. The van der Waals surface area contributed by atoms with Crippen LogP contribution in [-0.4, -0.2) is 16.7 Å². The second-order valence-electron chi connectivity index (χ2n) is 5.52. The Morgan fingerprint density at radius 2 is 1.71 bits per heavy atom. The smallest absolute Gasteiger partial charge is 0.291 e. The van der Waals surface area contributed by atoms with Crippen molar-refractivity contribution in [2.75, 3.05) is 10.6 Å². The molecule has 0 fully saturated rings. The van der Waals surface area contributed by atoms with Crippen LogP contribution in [0, 0.1) is 10.1 Å². The Balaban J connectivity index is 1.74. The number of rotatable bonds is 5. The zero-order valence-electron chi connectivity index (χ0n) is 13.9. The van der Waals surface area contributed by atoms with Crippen molar-refractivity contribution in [3.63, 3.8) is 0 Å². The largest absolute Gasteiger partial charge is 0.444 e. The Morgan fingerprint density at radius 1 is 1.00 bits per heavy atom. The van der Waals surface area contributed by atoms with Crippen LogP contribution in [0.5, 0.6) is 0 Å². The van der Waals surface area contributed by atoms with E-state index in [1.54, 1.807) is 24.3 Å². The van der Waals surface area contributed by atoms with Gasteiger partial charge < -0.3 is 15.1 Å². The van der Waals surface area contributed by atoms with Crippen molar-refractivity contribution < 1.29 is 18.9 Å². The first-order valence-electron chi connectivity index (χ1n) is 7.75. The molecule has 0 unspecified atom stereocenters. The average Bonchev–Trinajstić information content (AvgIpc) is 3.10. The van der Waals surface area contributed by atoms with Gasteiger partial charge in [0.05, 0.1) is 4.92 Å². The van der Waals surface area contributed by atoms with Crippen molar-refractivity contribution in [3.05, 3.63) is 85.7 Å². The number of nitro benzene ring substituents is 1. The van der Waals surface area contributed by atoms with E-state index in [1.165, 1.54) is 30.3 Å². The molecule has 0 aliphatic rings. The van der Waals surface area contributed by atoms with Gasteiger partial charge in [-0.25, -0.2) is 0 Å². The lowest BCUT2D eigenvalue weighted by atomic mass is 10.1. The number of hydrogen-bond acceptors (Lipinski definition) is 5. The van der Waals surface area contributed by atoms with Gasteiger partial charge >= 0.3 is 0 Å². The number of amides is 2. The first-order chi connectivity index (χ1) is 13.3. The Morgan fingerprint density at radius 3 is 2.39 bits per heavy atom. The van der Waals surface area contributed by atoms with Gasteiger partial charge in [-0.05, 0) is 58.4 Å². The lowest BCUT2D eigenvalue weighted by Crippen LogP contribution is -2.14. The minimum atomic E-state index is -0.638. The average molecular weight is 465 g/mol. The van der Waals surface area contributed by atoms with Crippen LogP contribution in [-0.2, 0) is 0 Å². The molecule has 2 N–H and O–H groups in total. The molecule has 0 radical (unpaired) electrons. The van der Waals surface area contributed by atoms with Crippen LogP contribution >= 0.6 is 27.5 Å². The van der Waals surface area contributed by atoms with E-state index in [9.17, 15) is 19.7 Å². The summed E-state index contributed by atoms with van der Waals surface area (Å²) < 4.78 is 5.59. The minimum absolute atomic E-state index is 0.0303. The van der Waals surface area contributed by atoms with Gasteiger partial charge in [-0.1, -0.05) is 17.7 Å². The number of halogens is 2. The highest BCUT2D eigenvalue weighted by atomic mass is 79.9. The maximum absolute atomic E-state index is 12.4. The van der Waals surface area contributed by atoms with Crippen LogP contribution in [0.2, 0.25) is 5.02 Å². The number of nitrogens with one attached hydrogen (secondary N) is 2. The predicted molar refractivity (Wildman–Crippen MR) is 107 cm³/mol. The summed E-state index contributed by atoms with van der Waals surface area (Å²) in [6.07, 6.45) is 0. The maximum atomic E-state index is 12.4. The van der Waals surface area contributed by atoms with Crippen molar-refractivity contribution in [1.29, 1.82) is 0 Å². The number of furan rings is 1. The van der Waals surface area contributed by atoms with E-state index in [1.807, 2.05) is 0 Å². The van der Waals surface area contributed by atoms with E-state index < -0.39 is 16.7 Å². The Kier molecular flexibility index (Phi) is 5.76. The van der Waals surface area contributed by atoms with Crippen LogP contribution in [0.3, 0.4) is 0 Å². The molecule has 0 spiro atoms. The minimum Gasteiger partial charge on any atom is -0.444 e. The van der Waals surface area contributed by atoms with Gasteiger partial charge in [-0.3, -0.25) is 19.7 Å². The van der Waals surface area contributed by atoms with Gasteiger partial charge in [0, 0.05) is 23.0 Å². The monoisotopic (exact) mass is 463 g/mol. The molecule has 1 aromatic heterocycles. The zero-order chi connectivity index (χ0) is 20.3. The normalized spacial score (nSPS) is 10.4. The first kappa shape index (κ1) is 19.6. The van der Waals surface area contributed by atoms with Gasteiger partial charge in [-0.2, -0.15) is 0 Å². The highest BCUT2D eigenvalue weighted by Gasteiger charge is 2.15. The number of carbonyl (C=O) groups excluding carboxylic acids is 2. The lowest BCUT2D eigenvalue weighted by molar-refractivity contribution is -0.384. The van der Waals surface area contributed by atoms with Crippen LogP contribution < -0.4 is 10.6 Å². The molecule has 28 heavy (non-hydrogen) atoms. The van der Waals surface area contributed by atoms with E-state index in [2.05, 4.69) is 26.6 Å². The van der Waals surface area contributed by atoms with Crippen LogP contribution in [0.25, 0.3) is 0 Å². The van der Waals surface area contributed by atoms with E-state index >= 15 is 0 Å². The molecular formula is C18H11BrClN3O5. The molecule has 0 aliphatic carbocycles. The van der Waals surface area contributed by atoms with Crippen LogP contribution in [0.1, 0.15) is 20.9 Å². The summed E-state index contributed by atoms with van der Waals surface area (Å²) >= 11 is 8.88. The number of nitrogens with zero attached hydrogens (tertiary/aromatic N) is 1. The molecule has 8 nitrogen and oxygen atoms in total. The molecule has 1 heterocycles. The second-order valence-corrected chi connectivity index (χ2v) is 6.70. The molecule has 0 aliphatic heterocycles. The van der Waals surface area contributed by atoms with Gasteiger partial charge in [0.2, 0.25) is 0 Å². The summed E-state index contributed by atoms with van der Waals surface area (Å²) in [6.45, 7) is 0. The molecule has 2 aromatic carbocycles. The molecule has 3 aromatic rings. The van der Waals surface area contributed by atoms with Crippen molar-refractivity contribution in [2.24, 2.45) is 0 Å². The molecule has 3 rings (SSSR count). The molecule has 10 heteroatoms. The number of nitro groups is 1. The zero-order valence-corrected chi connectivity index (χ0v) is 16.3. The standard InChI is InChI=1S/C18H11BrClN3O5/c19-16-7-6-15(28-16)18(25)22-11-3-1-2-10(8-11)17(24)21-12-4-5-13(20)14(9-12)23(26)27/h1-9H,(H,21,24)(H,22,25). The van der Waals surface area contributed by atoms with Crippen LogP contribution in [0.15, 0.2) is 63.7 Å². The van der Waals surface area contributed by atoms with Crippen LogP contribution in [0.4, 0.5) is 17.1 Å². The second kappa shape index (κ2) is 8.24. The quantitative estimate of drug-likeness (QED) is 0.402. The lowest BCUT2D eigenvalue weighted by Gasteiger charge is -2.08. The summed E-state index contributed by atoms with van der Waals surface area (Å²) in [5, 5.41) is 16.1. The van der Waals surface area contributed by atoms with Gasteiger partial charge in [-0.15, -0.1) is 0 Å². The highest BCUT2D eigenvalue weighted by molar-refractivity contribution is 9.10. The van der Waals surface area contributed by atoms with Crippen molar-refractivity contribution >= 4 is 56.4 Å². The van der Waals surface area contributed by atoms with E-state index in [4.69, 9.17) is 16.0 Å². The summed E-state index contributed by atoms with van der Waals surface area (Å²) in [4.78, 5) is 34.9. The third kappa shape index (κ3) is 4.56. The molecule has 0 saturated heterocycles. The molecule has 2 amide bonds. The number of anilines is 2. The van der Waals surface area contributed by atoms with E-state index in [0.29, 0.717) is 10.4 Å². The Hall–Kier alpha value is -3.17. The SMILES string of the molecule is O=C(Nc1ccc(Cl)c([N+](=O)[O-])c1)c1cccc(NC(=O)c2ccc(Br)o2)c1. The predicted octanol–water partition coefficient (Wildman–Crippen LogP) is 5.11. The first-order valence-corrected chi connectivity index (χ1v) is 8.92. The van der Waals surface area contributed by atoms with Crippen molar-refractivity contribution in [1.82, 2.24) is 0 Å². The topological polar surface area (TPSA) is 114 Å². The van der Waals surface area contributed by atoms with Gasteiger partial charge in [0.25, 0.3) is 17.5 Å². The third-order valence-corrected chi connectivity index (χ3v) is 4.33. The number of benzene rings is 2. The van der Waals surface area contributed by atoms with Gasteiger partial charge in [0.15, 0.2) is 10.4 Å². The Labute approximate surface area is 171 Å². The highest BCUT2D eigenvalue weighted by Crippen LogP contribution is 2.27. The number of carbonyl (C=O) groups is 2. The molecule has 0 saturated carbocycles. The molecule has 0 atom stereocenters. The molecule has 0 bridgehead atoms. The fraction of sp³-hybridized carbons (Fsp3) is 0. The molecular weight excluding hydrogens is 454 g/mol. The van der Waals surface area contributed by atoms with Crippen molar-refractivity contribution in [2.45, 2.75) is 0 Å².